The van der Waals surface area contributed by atoms with Crippen LogP contribution in [0.15, 0.2) is 18.2 Å². The SMILES string of the molecule is CC(C)(C)OC(=O)NC(C(=O)O)c1c(F)cccc1F. The number of carboxylic acid groups (broad SMARTS) is 1. The first kappa shape index (κ1) is 15.9. The van der Waals surface area contributed by atoms with Crippen LogP contribution in [0.4, 0.5) is 13.6 Å². The number of benzene rings is 1. The van der Waals surface area contributed by atoms with Gasteiger partial charge in [0, 0.05) is 0 Å². The highest BCUT2D eigenvalue weighted by Gasteiger charge is 2.30. The van der Waals surface area contributed by atoms with Crippen molar-refractivity contribution in [2.24, 2.45) is 0 Å². The van der Waals surface area contributed by atoms with E-state index in [1.807, 2.05) is 5.32 Å². The van der Waals surface area contributed by atoms with Gasteiger partial charge in [-0.25, -0.2) is 18.4 Å². The van der Waals surface area contributed by atoms with Crippen molar-refractivity contribution in [2.75, 3.05) is 0 Å². The largest absolute Gasteiger partial charge is 0.479 e. The molecule has 1 rings (SSSR count). The summed E-state index contributed by atoms with van der Waals surface area (Å²) in [5, 5.41) is 10.9. The Morgan fingerprint density at radius 3 is 2.15 bits per heavy atom. The molecule has 1 amide bonds. The molecule has 1 aromatic carbocycles. The summed E-state index contributed by atoms with van der Waals surface area (Å²) in [4.78, 5) is 22.6. The summed E-state index contributed by atoms with van der Waals surface area (Å²) in [7, 11) is 0. The molecule has 20 heavy (non-hydrogen) atoms. The first-order valence-electron chi connectivity index (χ1n) is 5.78. The predicted octanol–water partition coefficient (Wildman–Crippen LogP) is 2.62. The maximum absolute atomic E-state index is 13.6. The number of nitrogens with one attached hydrogen (secondary N) is 1. The van der Waals surface area contributed by atoms with Crippen LogP contribution in [0, 0.1) is 11.6 Å². The minimum absolute atomic E-state index is 0.745. The fourth-order valence-corrected chi connectivity index (χ4v) is 1.47. The summed E-state index contributed by atoms with van der Waals surface area (Å²) >= 11 is 0. The standard InChI is InChI=1S/C13H15F2NO4/c1-13(2,3)20-12(19)16-10(11(17)18)9-7(14)5-4-6-8(9)15/h4-6,10H,1-3H3,(H,16,19)(H,17,18). The number of hydrogen-bond donors (Lipinski definition) is 2. The summed E-state index contributed by atoms with van der Waals surface area (Å²) in [5.74, 6) is -3.72. The average molecular weight is 287 g/mol. The lowest BCUT2D eigenvalue weighted by atomic mass is 10.1. The fourth-order valence-electron chi connectivity index (χ4n) is 1.47. The molecule has 0 aliphatic rings. The Hall–Kier alpha value is -2.18. The molecule has 0 fully saturated rings. The Balaban J connectivity index is 3.02. The van der Waals surface area contributed by atoms with Crippen LogP contribution in [-0.2, 0) is 9.53 Å². The van der Waals surface area contributed by atoms with Crippen molar-refractivity contribution in [1.29, 1.82) is 0 Å². The van der Waals surface area contributed by atoms with Gasteiger partial charge in [0.25, 0.3) is 0 Å². The van der Waals surface area contributed by atoms with Crippen molar-refractivity contribution in [3.8, 4) is 0 Å². The number of alkyl carbamates (subject to hydrolysis) is 1. The fraction of sp³-hybridized carbons (Fsp3) is 0.385. The van der Waals surface area contributed by atoms with E-state index >= 15 is 0 Å². The van der Waals surface area contributed by atoms with Crippen LogP contribution in [0.5, 0.6) is 0 Å². The summed E-state index contributed by atoms with van der Waals surface area (Å²) in [6.45, 7) is 4.73. The van der Waals surface area contributed by atoms with E-state index in [0.29, 0.717) is 0 Å². The van der Waals surface area contributed by atoms with Gasteiger partial charge in [0.15, 0.2) is 6.04 Å². The van der Waals surface area contributed by atoms with Crippen molar-refractivity contribution in [3.63, 3.8) is 0 Å². The molecule has 7 heteroatoms. The number of carbonyl (C=O) groups is 2. The molecule has 1 aromatic rings. The van der Waals surface area contributed by atoms with Gasteiger partial charge in [0.1, 0.15) is 17.2 Å². The van der Waals surface area contributed by atoms with Crippen molar-refractivity contribution in [1.82, 2.24) is 5.32 Å². The van der Waals surface area contributed by atoms with Crippen LogP contribution in [0.2, 0.25) is 0 Å². The highest BCUT2D eigenvalue weighted by Crippen LogP contribution is 2.21. The maximum Gasteiger partial charge on any atom is 0.408 e. The van der Waals surface area contributed by atoms with E-state index in [9.17, 15) is 18.4 Å². The Bertz CT molecular complexity index is 505. The van der Waals surface area contributed by atoms with E-state index in [1.165, 1.54) is 0 Å². The van der Waals surface area contributed by atoms with Crippen LogP contribution < -0.4 is 5.32 Å². The highest BCUT2D eigenvalue weighted by molar-refractivity contribution is 5.81. The zero-order chi connectivity index (χ0) is 15.5. The summed E-state index contributed by atoms with van der Waals surface area (Å²) in [6, 6.07) is 1.04. The first-order chi connectivity index (χ1) is 9.11. The number of amides is 1. The van der Waals surface area contributed by atoms with Crippen LogP contribution in [0.1, 0.15) is 32.4 Å². The van der Waals surface area contributed by atoms with Gasteiger partial charge in [-0.05, 0) is 32.9 Å². The van der Waals surface area contributed by atoms with E-state index in [2.05, 4.69) is 0 Å². The monoisotopic (exact) mass is 287 g/mol. The summed E-state index contributed by atoms with van der Waals surface area (Å²) < 4.78 is 32.0. The van der Waals surface area contributed by atoms with Crippen LogP contribution in [0.3, 0.4) is 0 Å². The third-order valence-electron chi connectivity index (χ3n) is 2.20. The van der Waals surface area contributed by atoms with E-state index in [4.69, 9.17) is 9.84 Å². The van der Waals surface area contributed by atoms with Crippen molar-refractivity contribution in [3.05, 3.63) is 35.4 Å². The molecule has 2 N–H and O–H groups in total. The summed E-state index contributed by atoms with van der Waals surface area (Å²) in [5.41, 5.74) is -1.60. The Labute approximate surface area is 114 Å². The zero-order valence-electron chi connectivity index (χ0n) is 11.2. The minimum Gasteiger partial charge on any atom is -0.479 e. The van der Waals surface area contributed by atoms with Crippen molar-refractivity contribution < 1.29 is 28.2 Å². The Morgan fingerprint density at radius 2 is 1.75 bits per heavy atom. The molecule has 1 unspecified atom stereocenters. The van der Waals surface area contributed by atoms with Crippen molar-refractivity contribution in [2.45, 2.75) is 32.4 Å². The van der Waals surface area contributed by atoms with Gasteiger partial charge < -0.3 is 15.2 Å². The molecule has 1 atom stereocenters. The normalized spacial score (nSPS) is 12.7. The van der Waals surface area contributed by atoms with Gasteiger partial charge in [0.05, 0.1) is 5.56 Å². The van der Waals surface area contributed by atoms with E-state index in [0.717, 1.165) is 18.2 Å². The average Bonchev–Trinajstić information content (AvgIpc) is 2.24. The number of carboxylic acids is 1. The smallest absolute Gasteiger partial charge is 0.408 e. The third-order valence-corrected chi connectivity index (χ3v) is 2.20. The van der Waals surface area contributed by atoms with E-state index < -0.39 is 40.9 Å². The molecule has 0 saturated heterocycles. The maximum atomic E-state index is 13.6. The van der Waals surface area contributed by atoms with Gasteiger partial charge in [-0.2, -0.15) is 0 Å². The van der Waals surface area contributed by atoms with Gasteiger partial charge in [-0.15, -0.1) is 0 Å². The molecular formula is C13H15F2NO4. The number of carbonyl (C=O) groups excluding carboxylic acids is 1. The zero-order valence-corrected chi connectivity index (χ0v) is 11.2. The highest BCUT2D eigenvalue weighted by atomic mass is 19.1. The second kappa shape index (κ2) is 5.85. The molecule has 0 aliphatic carbocycles. The molecule has 0 saturated carbocycles. The van der Waals surface area contributed by atoms with Crippen LogP contribution >= 0.6 is 0 Å². The van der Waals surface area contributed by atoms with Gasteiger partial charge >= 0.3 is 12.1 Å². The van der Waals surface area contributed by atoms with Crippen LogP contribution in [0.25, 0.3) is 0 Å². The molecule has 110 valence electrons. The van der Waals surface area contributed by atoms with Gasteiger partial charge in [-0.3, -0.25) is 0 Å². The molecule has 5 nitrogen and oxygen atoms in total. The second-order valence-corrected chi connectivity index (χ2v) is 5.05. The number of halogens is 2. The number of ether oxygens (including phenoxy) is 1. The Kier molecular flexibility index (Phi) is 4.65. The minimum atomic E-state index is -1.87. The first-order valence-corrected chi connectivity index (χ1v) is 5.78. The molecule has 0 radical (unpaired) electrons. The summed E-state index contributed by atoms with van der Waals surface area (Å²) in [6.07, 6.45) is -1.08. The predicted molar refractivity (Wildman–Crippen MR) is 66.1 cm³/mol. The second-order valence-electron chi connectivity index (χ2n) is 5.05. The van der Waals surface area contributed by atoms with Gasteiger partial charge in [0.2, 0.25) is 0 Å². The topological polar surface area (TPSA) is 75.6 Å². The number of rotatable bonds is 3. The molecule has 0 spiro atoms. The van der Waals surface area contributed by atoms with Gasteiger partial charge in [-0.1, -0.05) is 6.07 Å². The molecule has 0 heterocycles. The van der Waals surface area contributed by atoms with Crippen molar-refractivity contribution >= 4 is 12.1 Å². The lowest BCUT2D eigenvalue weighted by molar-refractivity contribution is -0.139. The van der Waals surface area contributed by atoms with Crippen LogP contribution in [-0.4, -0.2) is 22.8 Å². The number of aliphatic carboxylic acids is 1. The quantitative estimate of drug-likeness (QED) is 0.896. The molecule has 0 aromatic heterocycles. The van der Waals surface area contributed by atoms with E-state index in [-0.39, 0.29) is 0 Å². The lowest BCUT2D eigenvalue weighted by Gasteiger charge is -2.22. The Morgan fingerprint density at radius 1 is 1.25 bits per heavy atom. The molecule has 0 aliphatic heterocycles. The molecule has 0 bridgehead atoms. The molecular weight excluding hydrogens is 272 g/mol. The third kappa shape index (κ3) is 4.18. The van der Waals surface area contributed by atoms with E-state index in [1.54, 1.807) is 20.8 Å². The lowest BCUT2D eigenvalue weighted by Crippen LogP contribution is -2.38. The number of hydrogen-bond acceptors (Lipinski definition) is 3.